The Labute approximate surface area is 176 Å². The van der Waals surface area contributed by atoms with Crippen molar-refractivity contribution in [2.75, 3.05) is 26.2 Å². The highest BCUT2D eigenvalue weighted by Crippen LogP contribution is 2.32. The fourth-order valence-corrected chi connectivity index (χ4v) is 3.65. The van der Waals surface area contributed by atoms with E-state index in [9.17, 15) is 4.79 Å². The standard InChI is InChI=1S/C25H32N2O2.H2/c1-4-27(5-2)25(28)21-15-13-20(14-16-21)22-10-8-9-17-26-19(3)18-29-24-12-7-6-11-23(22)24;/h6-7,10-16,19,26H,4-5,8-9,17-18H2,1-3H3;1H/b22-10-;. The Hall–Kier alpha value is -2.59. The second-order valence-electron chi connectivity index (χ2n) is 7.48. The van der Waals surface area contributed by atoms with Crippen LogP contribution in [0.4, 0.5) is 0 Å². The molecule has 1 N–H and O–H groups in total. The number of ether oxygens (including phenoxy) is 1. The highest BCUT2D eigenvalue weighted by Gasteiger charge is 2.16. The van der Waals surface area contributed by atoms with Crippen molar-refractivity contribution in [1.29, 1.82) is 0 Å². The van der Waals surface area contributed by atoms with Crippen molar-refractivity contribution in [2.24, 2.45) is 0 Å². The van der Waals surface area contributed by atoms with Crippen molar-refractivity contribution in [3.8, 4) is 5.75 Å². The van der Waals surface area contributed by atoms with E-state index in [1.807, 2.05) is 43.0 Å². The van der Waals surface area contributed by atoms with Crippen molar-refractivity contribution in [3.05, 3.63) is 71.3 Å². The van der Waals surface area contributed by atoms with Crippen molar-refractivity contribution >= 4 is 11.5 Å². The summed E-state index contributed by atoms with van der Waals surface area (Å²) < 4.78 is 6.14. The van der Waals surface area contributed by atoms with Crippen molar-refractivity contribution in [2.45, 2.75) is 39.7 Å². The van der Waals surface area contributed by atoms with Crippen LogP contribution in [0.15, 0.2) is 54.6 Å². The van der Waals surface area contributed by atoms with Gasteiger partial charge in [0.1, 0.15) is 12.4 Å². The van der Waals surface area contributed by atoms with E-state index in [2.05, 4.69) is 42.6 Å². The predicted molar refractivity (Wildman–Crippen MR) is 122 cm³/mol. The molecule has 0 aliphatic carbocycles. The van der Waals surface area contributed by atoms with Gasteiger partial charge in [0.05, 0.1) is 0 Å². The quantitative estimate of drug-likeness (QED) is 0.794. The minimum absolute atomic E-state index is 0. The number of benzene rings is 2. The molecule has 0 bridgehead atoms. The first-order chi connectivity index (χ1) is 14.1. The number of para-hydroxylation sites is 1. The number of carbonyl (C=O) groups is 1. The SMILES string of the molecule is CCN(CC)C(=O)c1ccc(/C2=C/CCCNC(C)COc3ccccc32)cc1.[HH]. The normalized spacial score (nSPS) is 19.1. The van der Waals surface area contributed by atoms with Crippen LogP contribution in [0.5, 0.6) is 5.75 Å². The maximum absolute atomic E-state index is 12.6. The van der Waals surface area contributed by atoms with Crippen molar-refractivity contribution in [1.82, 2.24) is 10.2 Å². The van der Waals surface area contributed by atoms with Gasteiger partial charge in [0, 0.05) is 31.7 Å². The number of rotatable bonds is 4. The van der Waals surface area contributed by atoms with Gasteiger partial charge in [-0.3, -0.25) is 4.79 Å². The zero-order valence-corrected chi connectivity index (χ0v) is 17.8. The fraction of sp³-hybridized carbons (Fsp3) is 0.400. The summed E-state index contributed by atoms with van der Waals surface area (Å²) in [6, 6.07) is 16.5. The fourth-order valence-electron chi connectivity index (χ4n) is 3.65. The molecule has 0 radical (unpaired) electrons. The molecular weight excluding hydrogens is 360 g/mol. The van der Waals surface area contributed by atoms with E-state index < -0.39 is 0 Å². The second-order valence-corrected chi connectivity index (χ2v) is 7.48. The lowest BCUT2D eigenvalue weighted by atomic mass is 9.94. The molecule has 2 aromatic rings. The maximum Gasteiger partial charge on any atom is 0.253 e. The van der Waals surface area contributed by atoms with Crippen molar-refractivity contribution in [3.63, 3.8) is 0 Å². The van der Waals surface area contributed by atoms with E-state index in [0.29, 0.717) is 12.6 Å². The lowest BCUT2D eigenvalue weighted by molar-refractivity contribution is 0.0773. The van der Waals surface area contributed by atoms with Gasteiger partial charge < -0.3 is 15.0 Å². The number of nitrogens with one attached hydrogen (secondary N) is 1. The molecule has 1 amide bonds. The molecule has 4 nitrogen and oxygen atoms in total. The van der Waals surface area contributed by atoms with E-state index >= 15 is 0 Å². The van der Waals surface area contributed by atoms with Gasteiger partial charge in [0.2, 0.25) is 0 Å². The highest BCUT2D eigenvalue weighted by molar-refractivity contribution is 5.95. The minimum Gasteiger partial charge on any atom is -0.491 e. The average Bonchev–Trinajstić information content (AvgIpc) is 2.79. The molecule has 1 aliphatic heterocycles. The molecule has 1 unspecified atom stereocenters. The largest absolute Gasteiger partial charge is 0.491 e. The Morgan fingerprint density at radius 2 is 1.86 bits per heavy atom. The molecule has 4 heteroatoms. The summed E-state index contributed by atoms with van der Waals surface area (Å²) in [5.74, 6) is 0.986. The molecular formula is C25H34N2O2. The summed E-state index contributed by atoms with van der Waals surface area (Å²) in [7, 11) is 0. The predicted octanol–water partition coefficient (Wildman–Crippen LogP) is 5.00. The molecule has 1 atom stereocenters. The van der Waals surface area contributed by atoms with Gasteiger partial charge in [0.25, 0.3) is 5.91 Å². The first kappa shape index (κ1) is 21.1. The summed E-state index contributed by atoms with van der Waals surface area (Å²) in [6.45, 7) is 9.23. The topological polar surface area (TPSA) is 41.6 Å². The number of allylic oxidation sites excluding steroid dienone is 1. The van der Waals surface area contributed by atoms with Crippen LogP contribution in [0.25, 0.3) is 5.57 Å². The van der Waals surface area contributed by atoms with Gasteiger partial charge in [-0.2, -0.15) is 0 Å². The third kappa shape index (κ3) is 5.27. The smallest absolute Gasteiger partial charge is 0.253 e. The maximum atomic E-state index is 12.6. The van der Waals surface area contributed by atoms with Crippen LogP contribution in [0.1, 0.15) is 56.5 Å². The monoisotopic (exact) mass is 394 g/mol. The summed E-state index contributed by atoms with van der Waals surface area (Å²) in [5.41, 5.74) is 4.11. The second kappa shape index (κ2) is 10.3. The molecule has 1 aliphatic rings. The van der Waals surface area contributed by atoms with E-state index in [1.54, 1.807) is 0 Å². The summed E-state index contributed by atoms with van der Waals surface area (Å²) in [6.07, 6.45) is 4.36. The minimum atomic E-state index is 0. The zero-order chi connectivity index (χ0) is 20.6. The third-order valence-electron chi connectivity index (χ3n) is 5.38. The van der Waals surface area contributed by atoms with Crippen LogP contribution in [0.3, 0.4) is 0 Å². The van der Waals surface area contributed by atoms with Crippen LogP contribution >= 0.6 is 0 Å². The van der Waals surface area contributed by atoms with E-state index in [0.717, 1.165) is 60.5 Å². The lowest BCUT2D eigenvalue weighted by Gasteiger charge is -2.19. The van der Waals surface area contributed by atoms with Crippen LogP contribution < -0.4 is 10.1 Å². The first-order valence-electron chi connectivity index (χ1n) is 10.7. The van der Waals surface area contributed by atoms with Crippen LogP contribution in [-0.2, 0) is 0 Å². The van der Waals surface area contributed by atoms with E-state index in [1.165, 1.54) is 0 Å². The number of amides is 1. The van der Waals surface area contributed by atoms with Gasteiger partial charge in [0.15, 0.2) is 0 Å². The molecule has 1 heterocycles. The Kier molecular flexibility index (Phi) is 7.48. The third-order valence-corrected chi connectivity index (χ3v) is 5.38. The zero-order valence-electron chi connectivity index (χ0n) is 17.8. The summed E-state index contributed by atoms with van der Waals surface area (Å²) in [4.78, 5) is 14.5. The summed E-state index contributed by atoms with van der Waals surface area (Å²) in [5, 5.41) is 3.51. The Bertz CT molecular complexity index is 844. The highest BCUT2D eigenvalue weighted by atomic mass is 16.5. The van der Waals surface area contributed by atoms with Crippen LogP contribution in [-0.4, -0.2) is 43.1 Å². The molecule has 0 spiro atoms. The molecule has 0 saturated heterocycles. The number of fused-ring (bicyclic) bond motifs is 1. The lowest BCUT2D eigenvalue weighted by Crippen LogP contribution is -2.32. The van der Waals surface area contributed by atoms with Gasteiger partial charge in [-0.1, -0.05) is 36.4 Å². The van der Waals surface area contributed by atoms with E-state index in [-0.39, 0.29) is 7.33 Å². The average molecular weight is 395 g/mol. The summed E-state index contributed by atoms with van der Waals surface area (Å²) >= 11 is 0. The number of hydrogen-bond acceptors (Lipinski definition) is 3. The Balaban J connectivity index is 0.00000320. The number of nitrogens with zero attached hydrogens (tertiary/aromatic N) is 1. The molecule has 3 rings (SSSR count). The first-order valence-corrected chi connectivity index (χ1v) is 10.7. The molecule has 29 heavy (non-hydrogen) atoms. The Morgan fingerprint density at radius 3 is 2.59 bits per heavy atom. The van der Waals surface area contributed by atoms with Gasteiger partial charge in [-0.15, -0.1) is 0 Å². The molecule has 0 saturated carbocycles. The molecule has 0 fully saturated rings. The molecule has 156 valence electrons. The molecule has 0 aromatic heterocycles. The number of carbonyl (C=O) groups excluding carboxylic acids is 1. The van der Waals surface area contributed by atoms with Gasteiger partial charge >= 0.3 is 0 Å². The van der Waals surface area contributed by atoms with Crippen LogP contribution in [0, 0.1) is 0 Å². The van der Waals surface area contributed by atoms with Gasteiger partial charge in [-0.05, 0) is 69.5 Å². The van der Waals surface area contributed by atoms with E-state index in [4.69, 9.17) is 4.74 Å². The number of hydrogen-bond donors (Lipinski definition) is 1. The van der Waals surface area contributed by atoms with Gasteiger partial charge in [-0.25, -0.2) is 0 Å². The van der Waals surface area contributed by atoms with Crippen LogP contribution in [0.2, 0.25) is 0 Å². The molecule has 2 aromatic carbocycles. The Morgan fingerprint density at radius 1 is 1.14 bits per heavy atom. The van der Waals surface area contributed by atoms with Crippen molar-refractivity contribution < 1.29 is 11.0 Å².